The molecule has 0 bridgehead atoms. The van der Waals surface area contributed by atoms with Crippen molar-refractivity contribution < 1.29 is 14.3 Å². The zero-order valence-electron chi connectivity index (χ0n) is 15.7. The van der Waals surface area contributed by atoms with Crippen molar-refractivity contribution in [2.75, 3.05) is 20.2 Å². The molecular formula is C21H25N3O3. The summed E-state index contributed by atoms with van der Waals surface area (Å²) >= 11 is 0. The van der Waals surface area contributed by atoms with E-state index >= 15 is 0 Å². The Morgan fingerprint density at radius 1 is 1.15 bits per heavy atom. The number of hydrogen-bond acceptors (Lipinski definition) is 4. The van der Waals surface area contributed by atoms with Crippen LogP contribution in [0, 0.1) is 5.92 Å². The number of ketones is 1. The van der Waals surface area contributed by atoms with E-state index in [1.165, 1.54) is 0 Å². The highest BCUT2D eigenvalue weighted by atomic mass is 16.5. The monoisotopic (exact) mass is 367 g/mol. The first-order chi connectivity index (χ1) is 13.2. The number of nitrogens with zero attached hydrogens (tertiary/aromatic N) is 2. The molecule has 0 saturated carbocycles. The maximum absolute atomic E-state index is 13.0. The summed E-state index contributed by atoms with van der Waals surface area (Å²) in [5.41, 5.74) is 3.41. The van der Waals surface area contributed by atoms with E-state index in [-0.39, 0.29) is 17.6 Å². The van der Waals surface area contributed by atoms with Gasteiger partial charge in [-0.05, 0) is 62.8 Å². The normalized spacial score (nSPS) is 19.4. The van der Waals surface area contributed by atoms with Crippen molar-refractivity contribution in [3.05, 3.63) is 46.8 Å². The maximum Gasteiger partial charge on any atom is 0.274 e. The highest BCUT2D eigenvalue weighted by molar-refractivity contribution is 5.99. The minimum atomic E-state index is -0.161. The molecular weight excluding hydrogens is 342 g/mol. The molecule has 6 nitrogen and oxygen atoms in total. The van der Waals surface area contributed by atoms with Gasteiger partial charge in [-0.15, -0.1) is 0 Å². The molecule has 2 aromatic rings. The number of rotatable bonds is 4. The molecule has 0 radical (unpaired) electrons. The van der Waals surface area contributed by atoms with Gasteiger partial charge < -0.3 is 9.64 Å². The fourth-order valence-corrected chi connectivity index (χ4v) is 4.17. The zero-order valence-corrected chi connectivity index (χ0v) is 15.7. The third kappa shape index (κ3) is 3.48. The van der Waals surface area contributed by atoms with Crippen LogP contribution in [0.25, 0.3) is 0 Å². The van der Waals surface area contributed by atoms with Crippen LogP contribution in [0.3, 0.4) is 0 Å². The van der Waals surface area contributed by atoms with Crippen molar-refractivity contribution in [1.29, 1.82) is 0 Å². The first-order valence-corrected chi connectivity index (χ1v) is 9.71. The lowest BCUT2D eigenvalue weighted by atomic mass is 9.89. The van der Waals surface area contributed by atoms with Crippen LogP contribution in [-0.4, -0.2) is 47.0 Å². The first kappa shape index (κ1) is 17.8. The molecule has 1 atom stereocenters. The Morgan fingerprint density at radius 3 is 2.70 bits per heavy atom. The number of piperidine rings is 1. The average molecular weight is 367 g/mol. The number of H-pyrrole nitrogens is 1. The zero-order chi connectivity index (χ0) is 18.8. The molecule has 1 aliphatic heterocycles. The summed E-state index contributed by atoms with van der Waals surface area (Å²) in [6, 6.07) is 7.20. The number of carbonyl (C=O) groups is 2. The quantitative estimate of drug-likeness (QED) is 0.843. The molecule has 2 heterocycles. The summed E-state index contributed by atoms with van der Waals surface area (Å²) in [6.07, 6.45) is 5.78. The topological polar surface area (TPSA) is 75.3 Å². The van der Waals surface area contributed by atoms with Gasteiger partial charge in [0.2, 0.25) is 0 Å². The van der Waals surface area contributed by atoms with Crippen LogP contribution < -0.4 is 4.74 Å². The third-order valence-corrected chi connectivity index (χ3v) is 5.71. The number of fused-ring (bicyclic) bond motifs is 1. The SMILES string of the molecule is COc1ccc(C(=O)C2CCCN(C(=O)c3n[nH]c4c3CCCC4)C2)cc1. The Labute approximate surface area is 158 Å². The summed E-state index contributed by atoms with van der Waals surface area (Å²) < 4.78 is 5.16. The molecule has 4 rings (SSSR count). The number of likely N-dealkylation sites (tertiary alicyclic amines) is 1. The molecule has 1 aromatic carbocycles. The molecule has 27 heavy (non-hydrogen) atoms. The average Bonchev–Trinajstić information content (AvgIpc) is 3.17. The van der Waals surface area contributed by atoms with Crippen molar-refractivity contribution in [3.8, 4) is 5.75 Å². The summed E-state index contributed by atoms with van der Waals surface area (Å²) in [5, 5.41) is 7.35. The van der Waals surface area contributed by atoms with Crippen molar-refractivity contribution >= 4 is 11.7 Å². The number of benzene rings is 1. The number of aromatic nitrogens is 2. The highest BCUT2D eigenvalue weighted by Gasteiger charge is 2.32. The second kappa shape index (κ2) is 7.55. The lowest BCUT2D eigenvalue weighted by Crippen LogP contribution is -2.42. The van der Waals surface area contributed by atoms with Crippen molar-refractivity contribution in [2.45, 2.75) is 38.5 Å². The van der Waals surface area contributed by atoms with Crippen LogP contribution in [0.5, 0.6) is 5.75 Å². The van der Waals surface area contributed by atoms with Crippen LogP contribution in [0.15, 0.2) is 24.3 Å². The van der Waals surface area contributed by atoms with Gasteiger partial charge in [0.25, 0.3) is 5.91 Å². The minimum absolute atomic E-state index is 0.0402. The van der Waals surface area contributed by atoms with Crippen LogP contribution in [0.1, 0.15) is 57.8 Å². The van der Waals surface area contributed by atoms with E-state index in [0.717, 1.165) is 55.5 Å². The van der Waals surface area contributed by atoms with Gasteiger partial charge in [-0.2, -0.15) is 5.10 Å². The smallest absolute Gasteiger partial charge is 0.274 e. The maximum atomic E-state index is 13.0. The summed E-state index contributed by atoms with van der Waals surface area (Å²) in [4.78, 5) is 27.7. The standard InChI is InChI=1S/C21H25N3O3/c1-27-16-10-8-14(9-11-16)20(25)15-5-4-12-24(13-15)21(26)19-17-6-2-3-7-18(17)22-23-19/h8-11,15H,2-7,12-13H2,1H3,(H,22,23). The number of carbonyl (C=O) groups excluding carboxylic acids is 2. The fraction of sp³-hybridized carbons (Fsp3) is 0.476. The van der Waals surface area contributed by atoms with E-state index in [0.29, 0.717) is 24.3 Å². The van der Waals surface area contributed by atoms with Crippen LogP contribution in [0.4, 0.5) is 0 Å². The molecule has 1 N–H and O–H groups in total. The summed E-state index contributed by atoms with van der Waals surface area (Å²) in [5.74, 6) is 0.627. The highest BCUT2D eigenvalue weighted by Crippen LogP contribution is 2.26. The van der Waals surface area contributed by atoms with Gasteiger partial charge in [0.05, 0.1) is 7.11 Å². The Bertz CT molecular complexity index is 841. The van der Waals surface area contributed by atoms with Gasteiger partial charge in [-0.3, -0.25) is 14.7 Å². The van der Waals surface area contributed by atoms with E-state index in [2.05, 4.69) is 10.2 Å². The fourth-order valence-electron chi connectivity index (χ4n) is 4.17. The van der Waals surface area contributed by atoms with Gasteiger partial charge in [0.1, 0.15) is 5.75 Å². The lowest BCUT2D eigenvalue weighted by Gasteiger charge is -2.32. The summed E-state index contributed by atoms with van der Waals surface area (Å²) in [6.45, 7) is 1.15. The molecule has 142 valence electrons. The molecule has 1 amide bonds. The largest absolute Gasteiger partial charge is 0.497 e. The lowest BCUT2D eigenvalue weighted by molar-refractivity contribution is 0.0631. The number of methoxy groups -OCH3 is 1. The molecule has 1 unspecified atom stereocenters. The van der Waals surface area contributed by atoms with Gasteiger partial charge >= 0.3 is 0 Å². The number of aromatic amines is 1. The summed E-state index contributed by atoms with van der Waals surface area (Å²) in [7, 11) is 1.61. The number of hydrogen-bond donors (Lipinski definition) is 1. The van der Waals surface area contributed by atoms with Crippen LogP contribution in [-0.2, 0) is 12.8 Å². The molecule has 0 spiro atoms. The van der Waals surface area contributed by atoms with E-state index in [4.69, 9.17) is 4.74 Å². The molecule has 6 heteroatoms. The predicted molar refractivity (Wildman–Crippen MR) is 101 cm³/mol. The van der Waals surface area contributed by atoms with Crippen molar-refractivity contribution in [1.82, 2.24) is 15.1 Å². The Kier molecular flexibility index (Phi) is 4.97. The number of aryl methyl sites for hydroxylation is 1. The third-order valence-electron chi connectivity index (χ3n) is 5.71. The molecule has 1 fully saturated rings. The molecule has 2 aliphatic rings. The van der Waals surface area contributed by atoms with Gasteiger partial charge in [0, 0.05) is 35.8 Å². The van der Waals surface area contributed by atoms with Gasteiger partial charge in [-0.1, -0.05) is 0 Å². The first-order valence-electron chi connectivity index (χ1n) is 9.71. The molecule has 1 aromatic heterocycles. The van der Waals surface area contributed by atoms with E-state index in [1.807, 2.05) is 0 Å². The van der Waals surface area contributed by atoms with Crippen LogP contribution >= 0.6 is 0 Å². The predicted octanol–water partition coefficient (Wildman–Crippen LogP) is 3.03. The van der Waals surface area contributed by atoms with Crippen molar-refractivity contribution in [3.63, 3.8) is 0 Å². The Balaban J connectivity index is 1.48. The van der Waals surface area contributed by atoms with Crippen LogP contribution in [0.2, 0.25) is 0 Å². The number of ether oxygens (including phenoxy) is 1. The van der Waals surface area contributed by atoms with E-state index < -0.39 is 0 Å². The number of amides is 1. The van der Waals surface area contributed by atoms with E-state index in [1.54, 1.807) is 36.3 Å². The minimum Gasteiger partial charge on any atom is -0.497 e. The van der Waals surface area contributed by atoms with Gasteiger partial charge in [-0.25, -0.2) is 0 Å². The second-order valence-electron chi connectivity index (χ2n) is 7.42. The number of nitrogens with one attached hydrogen (secondary N) is 1. The van der Waals surface area contributed by atoms with Gasteiger partial charge in [0.15, 0.2) is 11.5 Å². The van der Waals surface area contributed by atoms with Crippen molar-refractivity contribution in [2.24, 2.45) is 5.92 Å². The number of Topliss-reactive ketones (excluding diaryl/α,β-unsaturated/α-hetero) is 1. The van der Waals surface area contributed by atoms with E-state index in [9.17, 15) is 9.59 Å². The molecule has 1 aliphatic carbocycles. The second-order valence-corrected chi connectivity index (χ2v) is 7.42. The Morgan fingerprint density at radius 2 is 1.93 bits per heavy atom. The Hall–Kier alpha value is -2.63. The molecule has 1 saturated heterocycles.